The fourth-order valence-electron chi connectivity index (χ4n) is 3.62. The van der Waals surface area contributed by atoms with Gasteiger partial charge in [-0.3, -0.25) is 19.5 Å². The molecule has 0 radical (unpaired) electrons. The molecule has 1 atom stereocenters. The molecule has 1 unspecified atom stereocenters. The standard InChI is InChI=1S/C27H26FN3O4S/c1-34-22-11-3-18(4-12-22)16-29-27-31(17-19-5-13-23(35-2)14-6-19)26(33)24(36-27)15-25(32)30-21-9-7-20(28)8-10-21/h3-14,24H,15-17H2,1-2H3,(H,30,32). The van der Waals surface area contributed by atoms with Gasteiger partial charge in [-0.15, -0.1) is 0 Å². The number of amides is 2. The first-order valence-electron chi connectivity index (χ1n) is 11.3. The summed E-state index contributed by atoms with van der Waals surface area (Å²) in [7, 11) is 3.21. The fourth-order valence-corrected chi connectivity index (χ4v) is 4.76. The lowest BCUT2D eigenvalue weighted by Gasteiger charge is -2.17. The van der Waals surface area contributed by atoms with E-state index in [1.165, 1.54) is 36.0 Å². The molecule has 1 fully saturated rings. The van der Waals surface area contributed by atoms with E-state index in [2.05, 4.69) is 5.32 Å². The summed E-state index contributed by atoms with van der Waals surface area (Å²) in [5.41, 5.74) is 2.36. The van der Waals surface area contributed by atoms with Gasteiger partial charge in [-0.05, 0) is 59.7 Å². The molecule has 4 rings (SSSR count). The van der Waals surface area contributed by atoms with Crippen LogP contribution in [-0.4, -0.2) is 41.4 Å². The zero-order valence-corrected chi connectivity index (χ0v) is 20.8. The molecule has 0 bridgehead atoms. The van der Waals surface area contributed by atoms with E-state index in [1.807, 2.05) is 48.5 Å². The highest BCUT2D eigenvalue weighted by atomic mass is 32.2. The number of methoxy groups -OCH3 is 2. The number of nitrogens with zero attached hydrogens (tertiary/aromatic N) is 2. The highest BCUT2D eigenvalue weighted by Crippen LogP contribution is 2.32. The third kappa shape index (κ3) is 6.42. The molecule has 36 heavy (non-hydrogen) atoms. The van der Waals surface area contributed by atoms with E-state index in [0.717, 1.165) is 22.6 Å². The van der Waals surface area contributed by atoms with Gasteiger partial charge in [0.15, 0.2) is 5.17 Å². The van der Waals surface area contributed by atoms with Crippen molar-refractivity contribution >= 4 is 34.4 Å². The van der Waals surface area contributed by atoms with Crippen molar-refractivity contribution in [2.45, 2.75) is 24.8 Å². The van der Waals surface area contributed by atoms with E-state index in [4.69, 9.17) is 14.5 Å². The van der Waals surface area contributed by atoms with Crippen LogP contribution in [-0.2, 0) is 22.7 Å². The lowest BCUT2D eigenvalue weighted by atomic mass is 10.2. The van der Waals surface area contributed by atoms with Crippen molar-refractivity contribution in [1.82, 2.24) is 4.90 Å². The van der Waals surface area contributed by atoms with Gasteiger partial charge in [0.1, 0.15) is 22.6 Å². The first-order chi connectivity index (χ1) is 17.4. The average Bonchev–Trinajstić information content (AvgIpc) is 3.18. The predicted molar refractivity (Wildman–Crippen MR) is 139 cm³/mol. The number of benzene rings is 3. The molecular formula is C27H26FN3O4S. The summed E-state index contributed by atoms with van der Waals surface area (Å²) in [6.45, 7) is 0.709. The summed E-state index contributed by atoms with van der Waals surface area (Å²) in [4.78, 5) is 32.3. The Kier molecular flexibility index (Phi) is 8.22. The smallest absolute Gasteiger partial charge is 0.242 e. The van der Waals surface area contributed by atoms with Crippen LogP contribution in [0.15, 0.2) is 77.8 Å². The van der Waals surface area contributed by atoms with Crippen molar-refractivity contribution in [2.24, 2.45) is 4.99 Å². The van der Waals surface area contributed by atoms with Crippen LogP contribution in [0.3, 0.4) is 0 Å². The molecule has 186 valence electrons. The lowest BCUT2D eigenvalue weighted by Crippen LogP contribution is -2.33. The average molecular weight is 508 g/mol. The largest absolute Gasteiger partial charge is 0.497 e. The summed E-state index contributed by atoms with van der Waals surface area (Å²) in [5.74, 6) is 0.586. The van der Waals surface area contributed by atoms with Crippen molar-refractivity contribution in [3.05, 3.63) is 89.7 Å². The second-order valence-corrected chi connectivity index (χ2v) is 9.25. The van der Waals surface area contributed by atoms with Gasteiger partial charge in [0.2, 0.25) is 11.8 Å². The van der Waals surface area contributed by atoms with Gasteiger partial charge >= 0.3 is 0 Å². The lowest BCUT2D eigenvalue weighted by molar-refractivity contribution is -0.128. The third-order valence-corrected chi connectivity index (χ3v) is 6.79. The molecule has 0 aliphatic carbocycles. The maximum absolute atomic E-state index is 13.3. The second-order valence-electron chi connectivity index (χ2n) is 8.09. The molecular weight excluding hydrogens is 481 g/mol. The number of thioether (sulfide) groups is 1. The highest BCUT2D eigenvalue weighted by Gasteiger charge is 2.39. The van der Waals surface area contributed by atoms with E-state index in [-0.39, 0.29) is 24.1 Å². The number of carbonyl (C=O) groups is 2. The number of aliphatic imine (C=N–C) groups is 1. The molecule has 2 amide bonds. The first-order valence-corrected chi connectivity index (χ1v) is 12.2. The normalized spacial score (nSPS) is 16.3. The molecule has 0 saturated carbocycles. The predicted octanol–water partition coefficient (Wildman–Crippen LogP) is 4.87. The van der Waals surface area contributed by atoms with Gasteiger partial charge in [-0.25, -0.2) is 4.39 Å². The van der Waals surface area contributed by atoms with E-state index in [9.17, 15) is 14.0 Å². The molecule has 1 aliphatic heterocycles. The van der Waals surface area contributed by atoms with Crippen LogP contribution >= 0.6 is 11.8 Å². The summed E-state index contributed by atoms with van der Waals surface area (Å²) in [6.07, 6.45) is -0.0262. The number of amidine groups is 1. The quantitative estimate of drug-likeness (QED) is 0.447. The molecule has 0 spiro atoms. The van der Waals surface area contributed by atoms with E-state index >= 15 is 0 Å². The molecule has 1 heterocycles. The monoisotopic (exact) mass is 507 g/mol. The van der Waals surface area contributed by atoms with Crippen LogP contribution in [0, 0.1) is 5.82 Å². The van der Waals surface area contributed by atoms with E-state index in [0.29, 0.717) is 23.9 Å². The van der Waals surface area contributed by atoms with Gasteiger partial charge in [0, 0.05) is 12.1 Å². The van der Waals surface area contributed by atoms with Crippen molar-refractivity contribution in [3.63, 3.8) is 0 Å². The van der Waals surface area contributed by atoms with Crippen LogP contribution in [0.5, 0.6) is 11.5 Å². The van der Waals surface area contributed by atoms with Crippen LogP contribution in [0.2, 0.25) is 0 Å². The highest BCUT2D eigenvalue weighted by molar-refractivity contribution is 8.15. The molecule has 1 aliphatic rings. The SMILES string of the molecule is COc1ccc(CN=C2SC(CC(=O)Nc3ccc(F)cc3)C(=O)N2Cc2ccc(OC)cc2)cc1. The zero-order chi connectivity index (χ0) is 25.5. The number of rotatable bonds is 9. The van der Waals surface area contributed by atoms with Crippen LogP contribution < -0.4 is 14.8 Å². The Hall–Kier alpha value is -3.85. The summed E-state index contributed by atoms with van der Waals surface area (Å²) < 4.78 is 23.6. The number of halogens is 1. The second kappa shape index (κ2) is 11.7. The van der Waals surface area contributed by atoms with Gasteiger partial charge in [0.25, 0.3) is 0 Å². The van der Waals surface area contributed by atoms with Gasteiger partial charge < -0.3 is 14.8 Å². The summed E-state index contributed by atoms with van der Waals surface area (Å²) in [6, 6.07) is 20.5. The number of hydrogen-bond donors (Lipinski definition) is 1. The summed E-state index contributed by atoms with van der Waals surface area (Å²) >= 11 is 1.28. The topological polar surface area (TPSA) is 80.2 Å². The van der Waals surface area contributed by atoms with Gasteiger partial charge in [-0.1, -0.05) is 36.0 Å². The maximum atomic E-state index is 13.3. The van der Waals surface area contributed by atoms with Crippen LogP contribution in [0.25, 0.3) is 0 Å². The van der Waals surface area contributed by atoms with Crippen molar-refractivity contribution in [2.75, 3.05) is 19.5 Å². The Morgan fingerprint density at radius 2 is 1.53 bits per heavy atom. The number of nitrogens with one attached hydrogen (secondary N) is 1. The summed E-state index contributed by atoms with van der Waals surface area (Å²) in [5, 5.41) is 2.67. The Labute approximate surface area is 213 Å². The van der Waals surface area contributed by atoms with Crippen molar-refractivity contribution in [1.29, 1.82) is 0 Å². The number of anilines is 1. The van der Waals surface area contributed by atoms with Crippen LogP contribution in [0.1, 0.15) is 17.5 Å². The minimum absolute atomic E-state index is 0.0262. The number of ether oxygens (including phenoxy) is 2. The Balaban J connectivity index is 1.50. The molecule has 0 aromatic heterocycles. The van der Waals surface area contributed by atoms with Crippen LogP contribution in [0.4, 0.5) is 10.1 Å². The molecule has 7 nitrogen and oxygen atoms in total. The molecule has 3 aromatic carbocycles. The minimum atomic E-state index is -0.613. The zero-order valence-electron chi connectivity index (χ0n) is 19.9. The number of carbonyl (C=O) groups excluding carboxylic acids is 2. The number of hydrogen-bond acceptors (Lipinski definition) is 6. The first kappa shape index (κ1) is 25.2. The minimum Gasteiger partial charge on any atom is -0.497 e. The third-order valence-electron chi connectivity index (χ3n) is 5.57. The Morgan fingerprint density at radius 3 is 2.11 bits per heavy atom. The Morgan fingerprint density at radius 1 is 0.944 bits per heavy atom. The molecule has 9 heteroatoms. The molecule has 1 N–H and O–H groups in total. The maximum Gasteiger partial charge on any atom is 0.242 e. The van der Waals surface area contributed by atoms with E-state index < -0.39 is 5.25 Å². The Bertz CT molecular complexity index is 1230. The van der Waals surface area contributed by atoms with Crippen molar-refractivity contribution < 1.29 is 23.5 Å². The van der Waals surface area contributed by atoms with Crippen molar-refractivity contribution in [3.8, 4) is 11.5 Å². The van der Waals surface area contributed by atoms with Gasteiger partial charge in [0.05, 0.1) is 27.3 Å². The van der Waals surface area contributed by atoms with E-state index in [1.54, 1.807) is 19.1 Å². The molecule has 3 aromatic rings. The molecule has 1 saturated heterocycles. The van der Waals surface area contributed by atoms with Gasteiger partial charge in [-0.2, -0.15) is 0 Å². The fraction of sp³-hybridized carbons (Fsp3) is 0.222.